The van der Waals surface area contributed by atoms with Crippen LogP contribution >= 0.6 is 0 Å². The van der Waals surface area contributed by atoms with E-state index in [2.05, 4.69) is 5.32 Å². The Balaban J connectivity index is 2.90. The van der Waals surface area contributed by atoms with Crippen molar-refractivity contribution in [2.24, 2.45) is 0 Å². The predicted octanol–water partition coefficient (Wildman–Crippen LogP) is 1.09. The van der Waals surface area contributed by atoms with Crippen molar-refractivity contribution in [1.29, 1.82) is 0 Å². The maximum absolute atomic E-state index is 12.1. The van der Waals surface area contributed by atoms with E-state index in [0.717, 1.165) is 11.1 Å². The average Bonchev–Trinajstić information content (AvgIpc) is 2.32. The summed E-state index contributed by atoms with van der Waals surface area (Å²) in [4.78, 5) is 25.3. The molecule has 1 rings (SSSR count). The molecule has 2 amide bonds. The lowest BCUT2D eigenvalue weighted by Gasteiger charge is -2.18. The van der Waals surface area contributed by atoms with Gasteiger partial charge >= 0.3 is 0 Å². The van der Waals surface area contributed by atoms with Crippen LogP contribution in [0.3, 0.4) is 0 Å². The first-order valence-electron chi connectivity index (χ1n) is 6.12. The highest BCUT2D eigenvalue weighted by Gasteiger charge is 2.19. The van der Waals surface area contributed by atoms with E-state index in [4.69, 9.17) is 5.73 Å². The van der Waals surface area contributed by atoms with Gasteiger partial charge in [0.1, 0.15) is 6.04 Å². The Morgan fingerprint density at radius 2 is 1.79 bits per heavy atom. The summed E-state index contributed by atoms with van der Waals surface area (Å²) in [6.45, 7) is 5.40. The number of likely N-dealkylation sites (N-methyl/N-ethyl adjacent to an activating group) is 1. The second-order valence-corrected chi connectivity index (χ2v) is 4.95. The summed E-state index contributed by atoms with van der Waals surface area (Å²) in [5.74, 6) is -0.432. The lowest BCUT2D eigenvalue weighted by molar-refractivity contribution is -0.130. The largest absolute Gasteiger partial charge is 0.398 e. The molecule has 0 saturated carbocycles. The number of anilines is 1. The fourth-order valence-electron chi connectivity index (χ4n) is 1.84. The van der Waals surface area contributed by atoms with Crippen molar-refractivity contribution < 1.29 is 9.59 Å². The number of benzene rings is 1. The molecule has 1 aromatic carbocycles. The third-order valence-corrected chi connectivity index (χ3v) is 3.02. The van der Waals surface area contributed by atoms with E-state index in [9.17, 15) is 9.59 Å². The number of nitrogens with zero attached hydrogens (tertiary/aromatic N) is 1. The van der Waals surface area contributed by atoms with Gasteiger partial charge in [0, 0.05) is 25.3 Å². The Bertz CT molecular complexity index is 510. The first kappa shape index (κ1) is 15.0. The van der Waals surface area contributed by atoms with Crippen LogP contribution in [0.1, 0.15) is 28.4 Å². The number of aryl methyl sites for hydroxylation is 2. The van der Waals surface area contributed by atoms with Gasteiger partial charge in [0.25, 0.3) is 5.91 Å². The summed E-state index contributed by atoms with van der Waals surface area (Å²) in [5, 5.41) is 2.68. The number of nitrogens with one attached hydrogen (secondary N) is 1. The summed E-state index contributed by atoms with van der Waals surface area (Å²) in [6, 6.07) is 2.94. The van der Waals surface area contributed by atoms with E-state index < -0.39 is 6.04 Å². The molecule has 0 heterocycles. The quantitative estimate of drug-likeness (QED) is 0.802. The molecule has 0 aromatic heterocycles. The lowest BCUT2D eigenvalue weighted by Crippen LogP contribution is -2.44. The Hall–Kier alpha value is -2.04. The molecular formula is C14H21N3O2. The van der Waals surface area contributed by atoms with Crippen LogP contribution in [0.5, 0.6) is 0 Å². The fourth-order valence-corrected chi connectivity index (χ4v) is 1.84. The lowest BCUT2D eigenvalue weighted by atomic mass is 10.0. The normalized spacial score (nSPS) is 11.8. The second kappa shape index (κ2) is 5.73. The summed E-state index contributed by atoms with van der Waals surface area (Å²) in [6.07, 6.45) is 0. The zero-order chi connectivity index (χ0) is 14.7. The van der Waals surface area contributed by atoms with E-state index in [0.29, 0.717) is 11.3 Å². The second-order valence-electron chi connectivity index (χ2n) is 4.95. The van der Waals surface area contributed by atoms with E-state index in [1.165, 1.54) is 4.90 Å². The van der Waals surface area contributed by atoms with Crippen molar-refractivity contribution in [1.82, 2.24) is 10.2 Å². The predicted molar refractivity (Wildman–Crippen MR) is 76.0 cm³/mol. The third kappa shape index (κ3) is 3.47. The number of hydrogen-bond acceptors (Lipinski definition) is 3. The van der Waals surface area contributed by atoms with Crippen molar-refractivity contribution in [2.45, 2.75) is 26.8 Å². The van der Waals surface area contributed by atoms with Crippen molar-refractivity contribution >= 4 is 17.5 Å². The molecule has 1 aromatic rings. The third-order valence-electron chi connectivity index (χ3n) is 3.02. The molecule has 104 valence electrons. The van der Waals surface area contributed by atoms with E-state index in [-0.39, 0.29) is 11.8 Å². The molecule has 0 spiro atoms. The van der Waals surface area contributed by atoms with Crippen molar-refractivity contribution in [3.8, 4) is 0 Å². The zero-order valence-electron chi connectivity index (χ0n) is 12.1. The van der Waals surface area contributed by atoms with Gasteiger partial charge in [0.15, 0.2) is 0 Å². The standard InChI is InChI=1S/C14H21N3O2/c1-8-6-9(2)12(15)7-11(8)13(18)16-10(3)14(19)17(4)5/h6-7,10H,15H2,1-5H3,(H,16,18). The van der Waals surface area contributed by atoms with E-state index in [1.807, 2.05) is 19.9 Å². The first-order chi connectivity index (χ1) is 8.73. The molecule has 19 heavy (non-hydrogen) atoms. The molecule has 1 atom stereocenters. The number of nitrogens with two attached hydrogens (primary N) is 1. The molecule has 0 aliphatic carbocycles. The molecule has 5 nitrogen and oxygen atoms in total. The van der Waals surface area contributed by atoms with E-state index in [1.54, 1.807) is 27.1 Å². The Labute approximate surface area is 113 Å². The molecule has 0 saturated heterocycles. The summed E-state index contributed by atoms with van der Waals surface area (Å²) in [7, 11) is 3.31. The van der Waals surface area contributed by atoms with Crippen LogP contribution in [0.4, 0.5) is 5.69 Å². The topological polar surface area (TPSA) is 75.4 Å². The van der Waals surface area contributed by atoms with Gasteiger partial charge in [-0.05, 0) is 38.0 Å². The molecule has 0 bridgehead atoms. The smallest absolute Gasteiger partial charge is 0.252 e. The Morgan fingerprint density at radius 1 is 1.21 bits per heavy atom. The molecule has 0 aliphatic rings. The van der Waals surface area contributed by atoms with Crippen molar-refractivity contribution in [2.75, 3.05) is 19.8 Å². The van der Waals surface area contributed by atoms with Gasteiger partial charge < -0.3 is 16.0 Å². The van der Waals surface area contributed by atoms with Crippen LogP contribution in [0, 0.1) is 13.8 Å². The van der Waals surface area contributed by atoms with Crippen LogP contribution in [0.25, 0.3) is 0 Å². The number of amides is 2. The molecule has 5 heteroatoms. The van der Waals surface area contributed by atoms with Gasteiger partial charge in [-0.15, -0.1) is 0 Å². The number of carbonyl (C=O) groups is 2. The van der Waals surface area contributed by atoms with Gasteiger partial charge in [0.2, 0.25) is 5.91 Å². The van der Waals surface area contributed by atoms with Crippen molar-refractivity contribution in [3.63, 3.8) is 0 Å². The monoisotopic (exact) mass is 263 g/mol. The highest BCUT2D eigenvalue weighted by atomic mass is 16.2. The summed E-state index contributed by atoms with van der Waals surface area (Å²) < 4.78 is 0. The van der Waals surface area contributed by atoms with Crippen LogP contribution in [-0.2, 0) is 4.79 Å². The van der Waals surface area contributed by atoms with Gasteiger partial charge in [0.05, 0.1) is 0 Å². The number of nitrogen functional groups attached to an aromatic ring is 1. The molecule has 0 aliphatic heterocycles. The molecule has 3 N–H and O–H groups in total. The number of hydrogen-bond donors (Lipinski definition) is 2. The number of carbonyl (C=O) groups excluding carboxylic acids is 2. The Kier molecular flexibility index (Phi) is 4.53. The molecule has 0 radical (unpaired) electrons. The summed E-state index contributed by atoms with van der Waals surface area (Å²) >= 11 is 0. The number of rotatable bonds is 3. The maximum atomic E-state index is 12.1. The van der Waals surface area contributed by atoms with Gasteiger partial charge in [-0.25, -0.2) is 0 Å². The van der Waals surface area contributed by atoms with Gasteiger partial charge in [-0.1, -0.05) is 6.07 Å². The highest BCUT2D eigenvalue weighted by molar-refractivity contribution is 5.99. The van der Waals surface area contributed by atoms with Crippen molar-refractivity contribution in [3.05, 3.63) is 28.8 Å². The first-order valence-corrected chi connectivity index (χ1v) is 6.12. The minimum atomic E-state index is -0.565. The van der Waals surface area contributed by atoms with E-state index >= 15 is 0 Å². The molecule has 0 fully saturated rings. The fraction of sp³-hybridized carbons (Fsp3) is 0.429. The maximum Gasteiger partial charge on any atom is 0.252 e. The SMILES string of the molecule is Cc1cc(C)c(C(=O)NC(C)C(=O)N(C)C)cc1N. The van der Waals surface area contributed by atoms with Crippen LogP contribution < -0.4 is 11.1 Å². The molecular weight excluding hydrogens is 242 g/mol. The zero-order valence-corrected chi connectivity index (χ0v) is 12.1. The van der Waals surface area contributed by atoms with Crippen LogP contribution in [-0.4, -0.2) is 36.9 Å². The average molecular weight is 263 g/mol. The minimum absolute atomic E-state index is 0.147. The Morgan fingerprint density at radius 3 is 2.32 bits per heavy atom. The minimum Gasteiger partial charge on any atom is -0.398 e. The van der Waals surface area contributed by atoms with Gasteiger partial charge in [-0.2, -0.15) is 0 Å². The summed E-state index contributed by atoms with van der Waals surface area (Å²) in [5.41, 5.74) is 8.66. The van der Waals surface area contributed by atoms with Gasteiger partial charge in [-0.3, -0.25) is 9.59 Å². The molecule has 1 unspecified atom stereocenters. The van der Waals surface area contributed by atoms with Crippen LogP contribution in [0.2, 0.25) is 0 Å². The highest BCUT2D eigenvalue weighted by Crippen LogP contribution is 2.17. The van der Waals surface area contributed by atoms with Crippen LogP contribution in [0.15, 0.2) is 12.1 Å².